The van der Waals surface area contributed by atoms with Gasteiger partial charge in [-0.25, -0.2) is 0 Å². The Kier molecular flexibility index (Phi) is 2.07. The van der Waals surface area contributed by atoms with Gasteiger partial charge >= 0.3 is 0 Å². The van der Waals surface area contributed by atoms with Gasteiger partial charge < -0.3 is 5.73 Å². The number of hydrogen-bond acceptors (Lipinski definition) is 1. The number of nitrogens with two attached hydrogens (primary N) is 1. The predicted molar refractivity (Wildman–Crippen MR) is 53.6 cm³/mol. The molecule has 2 N–H and O–H groups in total. The second-order valence-corrected chi connectivity index (χ2v) is 4.53. The van der Waals surface area contributed by atoms with Crippen molar-refractivity contribution in [1.29, 1.82) is 0 Å². The zero-order chi connectivity index (χ0) is 9.41. The van der Waals surface area contributed by atoms with Crippen molar-refractivity contribution >= 4 is 0 Å². The quantitative estimate of drug-likeness (QED) is 0.594. The van der Waals surface area contributed by atoms with Crippen LogP contribution in [-0.4, -0.2) is 0 Å². The van der Waals surface area contributed by atoms with Gasteiger partial charge in [-0.15, -0.1) is 0 Å². The van der Waals surface area contributed by atoms with Crippen molar-refractivity contribution in [3.8, 4) is 0 Å². The average Bonchev–Trinajstić information content (AvgIpc) is 1.97. The summed E-state index contributed by atoms with van der Waals surface area (Å²) >= 11 is 0. The Hall–Kier alpha value is -0.720. The lowest BCUT2D eigenvalue weighted by Crippen LogP contribution is -2.27. The van der Waals surface area contributed by atoms with Crippen LogP contribution in [0.25, 0.3) is 0 Å². The fourth-order valence-electron chi connectivity index (χ4n) is 1.43. The van der Waals surface area contributed by atoms with Gasteiger partial charge in [0.1, 0.15) is 0 Å². The third-order valence-electron chi connectivity index (χ3n) is 2.80. The molecule has 0 bridgehead atoms. The fourth-order valence-corrected chi connectivity index (χ4v) is 1.43. The van der Waals surface area contributed by atoms with Crippen LogP contribution in [0.5, 0.6) is 0 Å². The van der Waals surface area contributed by atoms with Crippen LogP contribution < -0.4 is 5.73 Å². The summed E-state index contributed by atoms with van der Waals surface area (Å²) in [5.41, 5.74) is 7.25. The summed E-state index contributed by atoms with van der Waals surface area (Å²) in [7, 11) is 0. The first-order valence-electron chi connectivity index (χ1n) is 4.59. The van der Waals surface area contributed by atoms with Crippen molar-refractivity contribution in [2.75, 3.05) is 0 Å². The average molecular weight is 165 g/mol. The van der Waals surface area contributed by atoms with E-state index in [1.165, 1.54) is 0 Å². The van der Waals surface area contributed by atoms with Crippen LogP contribution in [-0.2, 0) is 0 Å². The Morgan fingerprint density at radius 2 is 1.83 bits per heavy atom. The van der Waals surface area contributed by atoms with Crippen molar-refractivity contribution in [3.63, 3.8) is 0 Å². The van der Waals surface area contributed by atoms with E-state index in [1.54, 1.807) is 0 Å². The van der Waals surface area contributed by atoms with Gasteiger partial charge in [-0.05, 0) is 6.42 Å². The predicted octanol–water partition coefficient (Wildman–Crippen LogP) is 2.84. The van der Waals surface area contributed by atoms with E-state index in [-0.39, 0.29) is 10.8 Å². The summed E-state index contributed by atoms with van der Waals surface area (Å²) in [6.45, 7) is 8.70. The topological polar surface area (TPSA) is 26.0 Å². The maximum atomic E-state index is 6.01. The molecule has 1 nitrogen and oxygen atoms in total. The van der Waals surface area contributed by atoms with Crippen LogP contribution in [0.1, 0.15) is 34.1 Å². The third kappa shape index (κ3) is 1.55. The number of rotatable bonds is 1. The molecule has 0 heterocycles. The van der Waals surface area contributed by atoms with Gasteiger partial charge in [-0.2, -0.15) is 0 Å². The van der Waals surface area contributed by atoms with Crippen molar-refractivity contribution < 1.29 is 0 Å². The first kappa shape index (κ1) is 9.37. The summed E-state index contributed by atoms with van der Waals surface area (Å²) in [5, 5.41) is 0. The van der Waals surface area contributed by atoms with E-state index in [2.05, 4.69) is 45.9 Å². The molecule has 0 saturated heterocycles. The molecule has 0 fully saturated rings. The largest absolute Gasteiger partial charge is 0.402 e. The summed E-state index contributed by atoms with van der Waals surface area (Å²) in [5.74, 6) is 0. The molecular formula is C11H19N. The third-order valence-corrected chi connectivity index (χ3v) is 2.80. The maximum Gasteiger partial charge on any atom is 0.0244 e. The SMILES string of the molecule is CCC1(C)C=CC(C)(C)C=C1N. The molecule has 0 amide bonds. The smallest absolute Gasteiger partial charge is 0.0244 e. The molecule has 1 atom stereocenters. The van der Waals surface area contributed by atoms with Crippen molar-refractivity contribution in [3.05, 3.63) is 23.9 Å². The molecule has 1 aliphatic carbocycles. The second-order valence-electron chi connectivity index (χ2n) is 4.53. The Balaban J connectivity index is 2.98. The van der Waals surface area contributed by atoms with Gasteiger partial charge in [0.25, 0.3) is 0 Å². The van der Waals surface area contributed by atoms with Gasteiger partial charge in [-0.1, -0.05) is 45.9 Å². The van der Waals surface area contributed by atoms with Gasteiger partial charge in [0.2, 0.25) is 0 Å². The lowest BCUT2D eigenvalue weighted by molar-refractivity contribution is 0.446. The molecule has 1 heteroatoms. The highest BCUT2D eigenvalue weighted by Gasteiger charge is 2.28. The number of allylic oxidation sites excluding steroid dienone is 3. The van der Waals surface area contributed by atoms with E-state index in [0.717, 1.165) is 12.1 Å². The molecule has 0 radical (unpaired) electrons. The lowest BCUT2D eigenvalue weighted by atomic mass is 9.74. The highest BCUT2D eigenvalue weighted by atomic mass is 14.6. The normalized spacial score (nSPS) is 33.2. The maximum absolute atomic E-state index is 6.01. The van der Waals surface area contributed by atoms with Crippen LogP contribution in [0.3, 0.4) is 0 Å². The highest BCUT2D eigenvalue weighted by molar-refractivity contribution is 5.28. The monoisotopic (exact) mass is 165 g/mol. The van der Waals surface area contributed by atoms with E-state index < -0.39 is 0 Å². The van der Waals surface area contributed by atoms with Gasteiger partial charge in [-0.3, -0.25) is 0 Å². The molecule has 0 aromatic heterocycles. The molecule has 0 aliphatic heterocycles. The summed E-state index contributed by atoms with van der Waals surface area (Å²) in [6, 6.07) is 0. The van der Waals surface area contributed by atoms with Gasteiger partial charge in [0, 0.05) is 16.5 Å². The summed E-state index contributed by atoms with van der Waals surface area (Å²) in [4.78, 5) is 0. The van der Waals surface area contributed by atoms with Crippen LogP contribution >= 0.6 is 0 Å². The molecule has 68 valence electrons. The Bertz CT molecular complexity index is 235. The second kappa shape index (κ2) is 2.65. The molecule has 12 heavy (non-hydrogen) atoms. The Morgan fingerprint density at radius 3 is 2.25 bits per heavy atom. The summed E-state index contributed by atoms with van der Waals surface area (Å²) in [6.07, 6.45) is 7.72. The standard InChI is InChI=1S/C11H19N/c1-5-11(4)7-6-10(2,3)8-9(11)12/h6-8H,5,12H2,1-4H3. The van der Waals surface area contributed by atoms with Gasteiger partial charge in [0.15, 0.2) is 0 Å². The molecular weight excluding hydrogens is 146 g/mol. The minimum Gasteiger partial charge on any atom is -0.402 e. The van der Waals surface area contributed by atoms with Crippen molar-refractivity contribution in [2.45, 2.75) is 34.1 Å². The van der Waals surface area contributed by atoms with Crippen molar-refractivity contribution in [1.82, 2.24) is 0 Å². The first-order chi connectivity index (χ1) is 5.40. The first-order valence-corrected chi connectivity index (χ1v) is 4.59. The minimum atomic E-state index is 0.0928. The lowest BCUT2D eigenvalue weighted by Gasteiger charge is -2.33. The number of hydrogen-bond donors (Lipinski definition) is 1. The highest BCUT2D eigenvalue weighted by Crippen LogP contribution is 2.38. The molecule has 0 spiro atoms. The van der Waals surface area contributed by atoms with E-state index in [0.29, 0.717) is 0 Å². The molecule has 0 aromatic carbocycles. The Labute approximate surface area is 75.3 Å². The van der Waals surface area contributed by atoms with Gasteiger partial charge in [0.05, 0.1) is 0 Å². The summed E-state index contributed by atoms with van der Waals surface area (Å²) < 4.78 is 0. The molecule has 1 aliphatic rings. The van der Waals surface area contributed by atoms with Crippen LogP contribution in [0.15, 0.2) is 23.9 Å². The van der Waals surface area contributed by atoms with E-state index >= 15 is 0 Å². The molecule has 0 saturated carbocycles. The van der Waals surface area contributed by atoms with Crippen LogP contribution in [0.4, 0.5) is 0 Å². The molecule has 0 aromatic rings. The van der Waals surface area contributed by atoms with E-state index in [9.17, 15) is 0 Å². The fraction of sp³-hybridized carbons (Fsp3) is 0.636. The Morgan fingerprint density at radius 1 is 1.25 bits per heavy atom. The zero-order valence-electron chi connectivity index (χ0n) is 8.52. The minimum absolute atomic E-state index is 0.0928. The zero-order valence-corrected chi connectivity index (χ0v) is 8.52. The van der Waals surface area contributed by atoms with Crippen molar-refractivity contribution in [2.24, 2.45) is 16.6 Å². The van der Waals surface area contributed by atoms with Crippen LogP contribution in [0.2, 0.25) is 0 Å². The van der Waals surface area contributed by atoms with Crippen LogP contribution in [0, 0.1) is 10.8 Å². The van der Waals surface area contributed by atoms with E-state index in [1.807, 2.05) is 0 Å². The molecule has 1 rings (SSSR count). The van der Waals surface area contributed by atoms with E-state index in [4.69, 9.17) is 5.73 Å². The molecule has 1 unspecified atom stereocenters.